The predicted octanol–water partition coefficient (Wildman–Crippen LogP) is 2.54. The molecular weight excluding hydrogens is 324 g/mol. The van der Waals surface area contributed by atoms with Crippen molar-refractivity contribution in [2.24, 2.45) is 0 Å². The molecule has 0 bridgehead atoms. The molecule has 0 saturated heterocycles. The summed E-state index contributed by atoms with van der Waals surface area (Å²) in [5.41, 5.74) is 2.37. The molecule has 1 amide bonds. The van der Waals surface area contributed by atoms with Crippen LogP contribution in [0.5, 0.6) is 0 Å². The normalized spacial score (nSPS) is 12.6. The minimum Gasteiger partial charge on any atom is -0.349 e. The summed E-state index contributed by atoms with van der Waals surface area (Å²) >= 11 is 0. The highest BCUT2D eigenvalue weighted by molar-refractivity contribution is 7.91. The van der Waals surface area contributed by atoms with Gasteiger partial charge in [-0.05, 0) is 44.0 Å². The summed E-state index contributed by atoms with van der Waals surface area (Å²) in [5, 5.41) is 2.76. The number of sulfone groups is 1. The Labute approximate surface area is 143 Å². The van der Waals surface area contributed by atoms with Gasteiger partial charge in [0.05, 0.1) is 10.6 Å². The lowest BCUT2D eigenvalue weighted by Crippen LogP contribution is -2.38. The monoisotopic (exact) mass is 346 g/mol. The fourth-order valence-corrected chi connectivity index (χ4v) is 3.93. The van der Waals surface area contributed by atoms with Crippen LogP contribution in [0.3, 0.4) is 0 Å². The molecule has 5 nitrogen and oxygen atoms in total. The van der Waals surface area contributed by atoms with Gasteiger partial charge in [-0.1, -0.05) is 24.6 Å². The zero-order chi connectivity index (χ0) is 17.7. The minimum absolute atomic E-state index is 0.145. The van der Waals surface area contributed by atoms with E-state index in [2.05, 4.69) is 10.3 Å². The number of carbonyl (C=O) groups is 1. The van der Waals surface area contributed by atoms with E-state index in [1.165, 1.54) is 0 Å². The van der Waals surface area contributed by atoms with Crippen molar-refractivity contribution in [2.45, 2.75) is 38.1 Å². The SMILES string of the molecule is CCc1cnccc1C(=O)N[C@@H](C)CS(=O)(=O)c1ccc(C)cc1. The smallest absolute Gasteiger partial charge is 0.251 e. The summed E-state index contributed by atoms with van der Waals surface area (Å²) in [5.74, 6) is -0.421. The van der Waals surface area contributed by atoms with E-state index in [0.29, 0.717) is 12.0 Å². The lowest BCUT2D eigenvalue weighted by molar-refractivity contribution is 0.0942. The maximum absolute atomic E-state index is 12.4. The highest BCUT2D eigenvalue weighted by Crippen LogP contribution is 2.14. The Morgan fingerprint density at radius 3 is 2.50 bits per heavy atom. The van der Waals surface area contributed by atoms with Gasteiger partial charge in [0, 0.05) is 24.0 Å². The van der Waals surface area contributed by atoms with E-state index in [4.69, 9.17) is 0 Å². The summed E-state index contributed by atoms with van der Waals surface area (Å²) in [4.78, 5) is 16.6. The number of carbonyl (C=O) groups excluding carboxylic acids is 1. The van der Waals surface area contributed by atoms with Crippen molar-refractivity contribution in [3.63, 3.8) is 0 Å². The second kappa shape index (κ2) is 7.57. The first-order valence-corrected chi connectivity index (χ1v) is 9.52. The van der Waals surface area contributed by atoms with Gasteiger partial charge in [-0.25, -0.2) is 8.42 Å². The number of benzene rings is 1. The standard InChI is InChI=1S/C18H22N2O3S/c1-4-15-11-19-10-9-17(15)18(21)20-14(3)12-24(22,23)16-7-5-13(2)6-8-16/h5-11,14H,4,12H2,1-3H3,(H,20,21)/t14-/m0/s1. The number of amides is 1. The molecule has 24 heavy (non-hydrogen) atoms. The molecule has 0 radical (unpaired) electrons. The fraction of sp³-hybridized carbons (Fsp3) is 0.333. The van der Waals surface area contributed by atoms with Crippen molar-refractivity contribution in [1.29, 1.82) is 0 Å². The number of hydrogen-bond acceptors (Lipinski definition) is 4. The summed E-state index contributed by atoms with van der Waals surface area (Å²) < 4.78 is 24.9. The molecule has 1 N–H and O–H groups in total. The molecule has 1 aromatic heterocycles. The highest BCUT2D eigenvalue weighted by Gasteiger charge is 2.21. The van der Waals surface area contributed by atoms with E-state index in [1.54, 1.807) is 49.6 Å². The van der Waals surface area contributed by atoms with Gasteiger partial charge in [-0.3, -0.25) is 9.78 Å². The van der Waals surface area contributed by atoms with Crippen LogP contribution in [0.1, 0.15) is 35.3 Å². The van der Waals surface area contributed by atoms with Crippen molar-refractivity contribution < 1.29 is 13.2 Å². The van der Waals surface area contributed by atoms with E-state index in [-0.39, 0.29) is 16.6 Å². The average molecular weight is 346 g/mol. The van der Waals surface area contributed by atoms with Crippen molar-refractivity contribution in [3.05, 3.63) is 59.4 Å². The molecule has 6 heteroatoms. The van der Waals surface area contributed by atoms with Crippen LogP contribution in [0.2, 0.25) is 0 Å². The fourth-order valence-electron chi connectivity index (χ4n) is 2.44. The Kier molecular flexibility index (Phi) is 5.72. The van der Waals surface area contributed by atoms with Gasteiger partial charge in [0.15, 0.2) is 9.84 Å². The van der Waals surface area contributed by atoms with E-state index in [0.717, 1.165) is 11.1 Å². The predicted molar refractivity (Wildman–Crippen MR) is 93.8 cm³/mol. The molecule has 0 unspecified atom stereocenters. The van der Waals surface area contributed by atoms with Crippen LogP contribution >= 0.6 is 0 Å². The van der Waals surface area contributed by atoms with E-state index in [1.807, 2.05) is 13.8 Å². The molecule has 0 spiro atoms. The van der Waals surface area contributed by atoms with Gasteiger partial charge in [0.25, 0.3) is 5.91 Å². The zero-order valence-corrected chi connectivity index (χ0v) is 14.9. The van der Waals surface area contributed by atoms with E-state index >= 15 is 0 Å². The molecule has 0 fully saturated rings. The molecule has 0 aliphatic carbocycles. The third-order valence-electron chi connectivity index (χ3n) is 3.76. The first kappa shape index (κ1) is 18.1. The second-order valence-electron chi connectivity index (χ2n) is 5.86. The first-order chi connectivity index (χ1) is 11.3. The summed E-state index contributed by atoms with van der Waals surface area (Å²) in [6.45, 7) is 5.54. The van der Waals surface area contributed by atoms with Gasteiger partial charge in [0.1, 0.15) is 0 Å². The Morgan fingerprint density at radius 1 is 1.21 bits per heavy atom. The molecule has 0 aliphatic heterocycles. The lowest BCUT2D eigenvalue weighted by atomic mass is 10.1. The maximum Gasteiger partial charge on any atom is 0.251 e. The molecule has 0 saturated carbocycles. The zero-order valence-electron chi connectivity index (χ0n) is 14.1. The van der Waals surface area contributed by atoms with Gasteiger partial charge in [-0.2, -0.15) is 0 Å². The van der Waals surface area contributed by atoms with Gasteiger partial charge < -0.3 is 5.32 Å². The van der Waals surface area contributed by atoms with Crippen LogP contribution in [0.25, 0.3) is 0 Å². The highest BCUT2D eigenvalue weighted by atomic mass is 32.2. The summed E-state index contributed by atoms with van der Waals surface area (Å²) in [7, 11) is -3.45. The Balaban J connectivity index is 2.08. The van der Waals surface area contributed by atoms with E-state index in [9.17, 15) is 13.2 Å². The molecule has 2 aromatic rings. The van der Waals surface area contributed by atoms with Crippen LogP contribution in [-0.4, -0.2) is 31.1 Å². The van der Waals surface area contributed by atoms with Crippen LogP contribution in [0, 0.1) is 6.92 Å². The number of pyridine rings is 1. The third kappa shape index (κ3) is 4.41. The Hall–Kier alpha value is -2.21. The summed E-state index contributed by atoms with van der Waals surface area (Å²) in [6.07, 6.45) is 3.90. The molecule has 128 valence electrons. The molecule has 2 rings (SSSR count). The number of rotatable bonds is 6. The van der Waals surface area contributed by atoms with Gasteiger partial charge in [0.2, 0.25) is 0 Å². The molecule has 0 aliphatic rings. The molecular formula is C18H22N2O3S. The van der Waals surface area contributed by atoms with Gasteiger partial charge >= 0.3 is 0 Å². The first-order valence-electron chi connectivity index (χ1n) is 7.86. The number of hydrogen-bond donors (Lipinski definition) is 1. The number of aromatic nitrogens is 1. The van der Waals surface area contributed by atoms with Crippen molar-refractivity contribution >= 4 is 15.7 Å². The Bertz CT molecular complexity index is 814. The van der Waals surface area contributed by atoms with E-state index < -0.39 is 15.9 Å². The molecule has 1 aromatic carbocycles. The topological polar surface area (TPSA) is 76.1 Å². The van der Waals surface area contributed by atoms with Crippen LogP contribution < -0.4 is 5.32 Å². The molecule has 1 atom stereocenters. The minimum atomic E-state index is -3.45. The summed E-state index contributed by atoms with van der Waals surface area (Å²) in [6, 6.07) is 7.87. The van der Waals surface area contributed by atoms with Crippen LogP contribution in [0.15, 0.2) is 47.6 Å². The average Bonchev–Trinajstić information content (AvgIpc) is 2.54. The lowest BCUT2D eigenvalue weighted by Gasteiger charge is -2.15. The third-order valence-corrected chi connectivity index (χ3v) is 5.69. The number of nitrogens with one attached hydrogen (secondary N) is 1. The molecule has 1 heterocycles. The van der Waals surface area contributed by atoms with Crippen molar-refractivity contribution in [2.75, 3.05) is 5.75 Å². The second-order valence-corrected chi connectivity index (χ2v) is 7.89. The van der Waals surface area contributed by atoms with Crippen LogP contribution in [-0.2, 0) is 16.3 Å². The number of aryl methyl sites for hydroxylation is 2. The quantitative estimate of drug-likeness (QED) is 0.872. The van der Waals surface area contributed by atoms with Crippen LogP contribution in [0.4, 0.5) is 0 Å². The maximum atomic E-state index is 12.4. The Morgan fingerprint density at radius 2 is 1.88 bits per heavy atom. The van der Waals surface area contributed by atoms with Gasteiger partial charge in [-0.15, -0.1) is 0 Å². The van der Waals surface area contributed by atoms with Crippen molar-refractivity contribution in [3.8, 4) is 0 Å². The van der Waals surface area contributed by atoms with Crippen molar-refractivity contribution in [1.82, 2.24) is 10.3 Å². The number of nitrogens with zero attached hydrogens (tertiary/aromatic N) is 1. The largest absolute Gasteiger partial charge is 0.349 e.